The molecule has 0 aliphatic carbocycles. The van der Waals surface area contributed by atoms with E-state index in [1.165, 1.54) is 23.1 Å². The van der Waals surface area contributed by atoms with Crippen LogP contribution in [0.1, 0.15) is 24.2 Å². The summed E-state index contributed by atoms with van der Waals surface area (Å²) >= 11 is 5.93. The van der Waals surface area contributed by atoms with Gasteiger partial charge in [-0.2, -0.15) is 0 Å². The van der Waals surface area contributed by atoms with Crippen LogP contribution in [-0.2, 0) is 9.53 Å². The number of rotatable bonds is 4. The van der Waals surface area contributed by atoms with E-state index in [4.69, 9.17) is 16.3 Å². The second kappa shape index (κ2) is 7.75. The first kappa shape index (κ1) is 17.7. The number of ether oxygens (including phenoxy) is 1. The summed E-state index contributed by atoms with van der Waals surface area (Å²) in [6.07, 6.45) is -0.497. The first-order valence-corrected chi connectivity index (χ1v) is 7.97. The molecule has 1 aliphatic heterocycles. The van der Waals surface area contributed by atoms with Gasteiger partial charge >= 0.3 is 0 Å². The Kier molecular flexibility index (Phi) is 5.96. The van der Waals surface area contributed by atoms with Crippen molar-refractivity contribution in [3.63, 3.8) is 0 Å². The average Bonchev–Trinajstić information content (AvgIpc) is 2.54. The third-order valence-corrected chi connectivity index (χ3v) is 4.13. The second-order valence-electron chi connectivity index (χ2n) is 5.31. The summed E-state index contributed by atoms with van der Waals surface area (Å²) < 4.78 is 19.1. The molecule has 1 atom stereocenters. The molecule has 0 radical (unpaired) electrons. The highest BCUT2D eigenvalue weighted by Gasteiger charge is 2.29. The number of halogens is 2. The quantitative estimate of drug-likeness (QED) is 0.842. The molecule has 1 aromatic carbocycles. The third-order valence-electron chi connectivity index (χ3n) is 3.82. The number of piperazine rings is 1. The van der Waals surface area contributed by atoms with Crippen molar-refractivity contribution in [3.05, 3.63) is 34.6 Å². The summed E-state index contributed by atoms with van der Waals surface area (Å²) in [4.78, 5) is 27.8. The zero-order chi connectivity index (χ0) is 17.0. The van der Waals surface area contributed by atoms with Crippen molar-refractivity contribution in [1.29, 1.82) is 0 Å². The molecule has 1 aromatic rings. The van der Waals surface area contributed by atoms with Crippen LogP contribution < -0.4 is 0 Å². The molecule has 23 heavy (non-hydrogen) atoms. The van der Waals surface area contributed by atoms with Gasteiger partial charge in [-0.05, 0) is 26.0 Å². The molecule has 0 saturated carbocycles. The lowest BCUT2D eigenvalue weighted by atomic mass is 10.1. The third kappa shape index (κ3) is 4.00. The fourth-order valence-electron chi connectivity index (χ4n) is 2.57. The van der Waals surface area contributed by atoms with Gasteiger partial charge in [0, 0.05) is 32.8 Å². The minimum Gasteiger partial charge on any atom is -0.369 e. The SMILES string of the molecule is CCOC(C)C(=O)N1CCN(C(=O)c2c(F)cccc2Cl)CC1. The van der Waals surface area contributed by atoms with Gasteiger partial charge in [-0.25, -0.2) is 4.39 Å². The topological polar surface area (TPSA) is 49.9 Å². The van der Waals surface area contributed by atoms with Crippen molar-refractivity contribution >= 4 is 23.4 Å². The van der Waals surface area contributed by atoms with E-state index in [1.54, 1.807) is 11.8 Å². The highest BCUT2D eigenvalue weighted by molar-refractivity contribution is 6.33. The lowest BCUT2D eigenvalue weighted by Gasteiger charge is -2.36. The zero-order valence-electron chi connectivity index (χ0n) is 13.2. The van der Waals surface area contributed by atoms with Crippen LogP contribution in [0.3, 0.4) is 0 Å². The summed E-state index contributed by atoms with van der Waals surface area (Å²) in [5.74, 6) is -1.17. The molecular weight excluding hydrogens is 323 g/mol. The summed E-state index contributed by atoms with van der Waals surface area (Å²) in [5, 5.41) is 0.0958. The van der Waals surface area contributed by atoms with Crippen molar-refractivity contribution in [2.45, 2.75) is 20.0 Å². The molecule has 2 amide bonds. The van der Waals surface area contributed by atoms with Gasteiger partial charge in [-0.3, -0.25) is 9.59 Å². The standard InChI is InChI=1S/C16H20ClFN2O3/c1-3-23-11(2)15(21)19-7-9-20(10-8-19)16(22)14-12(17)5-4-6-13(14)18/h4-6,11H,3,7-10H2,1-2H3. The van der Waals surface area contributed by atoms with E-state index >= 15 is 0 Å². The van der Waals surface area contributed by atoms with Crippen LogP contribution in [0.15, 0.2) is 18.2 Å². The van der Waals surface area contributed by atoms with Gasteiger partial charge in [0.15, 0.2) is 0 Å². The molecule has 0 aromatic heterocycles. The minimum absolute atomic E-state index is 0.0946. The maximum atomic E-state index is 13.8. The monoisotopic (exact) mass is 342 g/mol. The Balaban J connectivity index is 1.99. The van der Waals surface area contributed by atoms with E-state index in [9.17, 15) is 14.0 Å². The maximum Gasteiger partial charge on any atom is 0.258 e. The van der Waals surface area contributed by atoms with Crippen molar-refractivity contribution in [3.8, 4) is 0 Å². The number of amides is 2. The van der Waals surface area contributed by atoms with Crippen molar-refractivity contribution in [2.24, 2.45) is 0 Å². The number of hydrogen-bond acceptors (Lipinski definition) is 3. The Bertz CT molecular complexity index is 568. The molecule has 0 spiro atoms. The van der Waals surface area contributed by atoms with Gasteiger partial charge in [-0.1, -0.05) is 17.7 Å². The summed E-state index contributed by atoms with van der Waals surface area (Å²) in [6, 6.07) is 4.16. The van der Waals surface area contributed by atoms with E-state index in [0.29, 0.717) is 32.8 Å². The van der Waals surface area contributed by atoms with Crippen LogP contribution in [0, 0.1) is 5.82 Å². The first-order chi connectivity index (χ1) is 11.0. The Labute approximate surface area is 140 Å². The molecule has 2 rings (SSSR count). The molecule has 1 saturated heterocycles. The zero-order valence-corrected chi connectivity index (χ0v) is 14.0. The van der Waals surface area contributed by atoms with Gasteiger partial charge in [0.25, 0.3) is 11.8 Å². The van der Waals surface area contributed by atoms with Gasteiger partial charge in [0.1, 0.15) is 11.9 Å². The van der Waals surface area contributed by atoms with Gasteiger partial charge in [0.2, 0.25) is 0 Å². The Morgan fingerprint density at radius 3 is 2.43 bits per heavy atom. The Hall–Kier alpha value is -1.66. The normalized spacial score (nSPS) is 16.3. The van der Waals surface area contributed by atoms with E-state index < -0.39 is 17.8 Å². The van der Waals surface area contributed by atoms with Crippen molar-refractivity contribution in [1.82, 2.24) is 9.80 Å². The molecule has 7 heteroatoms. The van der Waals surface area contributed by atoms with Crippen LogP contribution in [0.2, 0.25) is 5.02 Å². The summed E-state index contributed by atoms with van der Waals surface area (Å²) in [7, 11) is 0. The highest BCUT2D eigenvalue weighted by Crippen LogP contribution is 2.21. The number of carbonyl (C=O) groups is 2. The van der Waals surface area contributed by atoms with Crippen LogP contribution >= 0.6 is 11.6 Å². The Morgan fingerprint density at radius 1 is 1.26 bits per heavy atom. The fraction of sp³-hybridized carbons (Fsp3) is 0.500. The van der Waals surface area contributed by atoms with E-state index in [0.717, 1.165) is 0 Å². The van der Waals surface area contributed by atoms with Gasteiger partial charge in [-0.15, -0.1) is 0 Å². The molecular formula is C16H20ClFN2O3. The fourth-order valence-corrected chi connectivity index (χ4v) is 2.81. The van der Waals surface area contributed by atoms with Crippen LogP contribution in [0.4, 0.5) is 4.39 Å². The average molecular weight is 343 g/mol. The van der Waals surface area contributed by atoms with Crippen LogP contribution in [0.5, 0.6) is 0 Å². The molecule has 1 fully saturated rings. The first-order valence-electron chi connectivity index (χ1n) is 7.59. The molecule has 0 bridgehead atoms. The molecule has 1 unspecified atom stereocenters. The summed E-state index contributed by atoms with van der Waals surface area (Å²) in [5.41, 5.74) is -0.114. The molecule has 5 nitrogen and oxygen atoms in total. The second-order valence-corrected chi connectivity index (χ2v) is 5.72. The van der Waals surface area contributed by atoms with Crippen LogP contribution in [0.25, 0.3) is 0 Å². The smallest absolute Gasteiger partial charge is 0.258 e. The number of nitrogens with zero attached hydrogens (tertiary/aromatic N) is 2. The molecule has 1 heterocycles. The predicted octanol–water partition coefficient (Wildman–Crippen LogP) is 2.19. The molecule has 126 valence electrons. The molecule has 1 aliphatic rings. The van der Waals surface area contributed by atoms with Gasteiger partial charge in [0.05, 0.1) is 10.6 Å². The van der Waals surface area contributed by atoms with E-state index in [2.05, 4.69) is 0 Å². The highest BCUT2D eigenvalue weighted by atomic mass is 35.5. The summed E-state index contributed by atoms with van der Waals surface area (Å²) in [6.45, 7) is 5.49. The molecule has 0 N–H and O–H groups in total. The predicted molar refractivity (Wildman–Crippen MR) is 85.0 cm³/mol. The lowest BCUT2D eigenvalue weighted by molar-refractivity contribution is -0.143. The largest absolute Gasteiger partial charge is 0.369 e. The number of hydrogen-bond donors (Lipinski definition) is 0. The van der Waals surface area contributed by atoms with Crippen LogP contribution in [-0.4, -0.2) is 60.5 Å². The van der Waals surface area contributed by atoms with Crippen molar-refractivity contribution < 1.29 is 18.7 Å². The number of carbonyl (C=O) groups excluding carboxylic acids is 2. The maximum absolute atomic E-state index is 13.8. The van der Waals surface area contributed by atoms with E-state index in [-0.39, 0.29) is 16.5 Å². The Morgan fingerprint density at radius 2 is 1.87 bits per heavy atom. The minimum atomic E-state index is -0.633. The van der Waals surface area contributed by atoms with Gasteiger partial charge < -0.3 is 14.5 Å². The number of benzene rings is 1. The van der Waals surface area contributed by atoms with E-state index in [1.807, 2.05) is 6.92 Å². The van der Waals surface area contributed by atoms with Crippen molar-refractivity contribution in [2.75, 3.05) is 32.8 Å². The lowest BCUT2D eigenvalue weighted by Crippen LogP contribution is -2.53.